The summed E-state index contributed by atoms with van der Waals surface area (Å²) in [6.45, 7) is 2.98. The van der Waals surface area contributed by atoms with Crippen molar-refractivity contribution in [3.63, 3.8) is 0 Å². The minimum atomic E-state index is 0.325. The Labute approximate surface area is 92.5 Å². The Bertz CT molecular complexity index is 345. The van der Waals surface area contributed by atoms with E-state index in [0.717, 1.165) is 28.6 Å². The van der Waals surface area contributed by atoms with Crippen LogP contribution < -0.4 is 5.32 Å². The molecule has 2 rings (SSSR count). The van der Waals surface area contributed by atoms with Crippen LogP contribution in [0, 0.1) is 6.92 Å². The molecule has 2 N–H and O–H groups in total. The summed E-state index contributed by atoms with van der Waals surface area (Å²) in [5.74, 6) is 0.438. The second-order valence-corrected chi connectivity index (χ2v) is 4.73. The molecule has 0 spiro atoms. The summed E-state index contributed by atoms with van der Waals surface area (Å²) in [5, 5.41) is 13.3. The monoisotopic (exact) mass is 255 g/mol. The highest BCUT2D eigenvalue weighted by Crippen LogP contribution is 2.34. The summed E-state index contributed by atoms with van der Waals surface area (Å²) < 4.78 is 1.04. The van der Waals surface area contributed by atoms with E-state index in [4.69, 9.17) is 0 Å². The summed E-state index contributed by atoms with van der Waals surface area (Å²) in [5.41, 5.74) is 1.96. The van der Waals surface area contributed by atoms with Crippen molar-refractivity contribution in [3.8, 4) is 5.75 Å². The largest absolute Gasteiger partial charge is 0.507 e. The average molecular weight is 256 g/mol. The molecule has 1 fully saturated rings. The summed E-state index contributed by atoms with van der Waals surface area (Å²) in [6.07, 6.45) is 2.30. The Morgan fingerprint density at radius 3 is 2.93 bits per heavy atom. The molecule has 1 atom stereocenters. The zero-order valence-corrected chi connectivity index (χ0v) is 9.76. The van der Waals surface area contributed by atoms with E-state index in [-0.39, 0.29) is 0 Å². The lowest BCUT2D eigenvalue weighted by molar-refractivity contribution is 0.453. The fraction of sp³-hybridized carbons (Fsp3) is 0.455. The quantitative estimate of drug-likeness (QED) is 0.809. The van der Waals surface area contributed by atoms with Crippen LogP contribution in [0.25, 0.3) is 0 Å². The molecule has 0 radical (unpaired) electrons. The fourth-order valence-electron chi connectivity index (χ4n) is 1.98. The molecule has 2 nitrogen and oxygen atoms in total. The predicted octanol–water partition coefficient (Wildman–Crippen LogP) is 2.89. The Balaban J connectivity index is 2.40. The third-order valence-electron chi connectivity index (χ3n) is 2.73. The van der Waals surface area contributed by atoms with Crippen LogP contribution in [-0.4, -0.2) is 11.7 Å². The number of phenols is 1. The van der Waals surface area contributed by atoms with E-state index in [1.165, 1.54) is 6.42 Å². The Morgan fingerprint density at radius 1 is 1.50 bits per heavy atom. The smallest absolute Gasteiger partial charge is 0.123 e. The zero-order chi connectivity index (χ0) is 10.1. The molecule has 1 aliphatic rings. The Morgan fingerprint density at radius 2 is 2.29 bits per heavy atom. The van der Waals surface area contributed by atoms with Gasteiger partial charge in [0, 0.05) is 16.1 Å². The molecule has 0 unspecified atom stereocenters. The van der Waals surface area contributed by atoms with E-state index in [9.17, 15) is 5.11 Å². The number of hydrogen-bond donors (Lipinski definition) is 2. The summed E-state index contributed by atoms with van der Waals surface area (Å²) in [4.78, 5) is 0. The van der Waals surface area contributed by atoms with Gasteiger partial charge < -0.3 is 10.4 Å². The van der Waals surface area contributed by atoms with Gasteiger partial charge in [0.1, 0.15) is 5.75 Å². The molecule has 76 valence electrons. The van der Waals surface area contributed by atoms with Crippen LogP contribution in [0.1, 0.15) is 30.0 Å². The van der Waals surface area contributed by atoms with Crippen molar-refractivity contribution in [1.82, 2.24) is 5.32 Å². The van der Waals surface area contributed by atoms with Crippen molar-refractivity contribution in [3.05, 3.63) is 27.7 Å². The van der Waals surface area contributed by atoms with Gasteiger partial charge in [-0.25, -0.2) is 0 Å². The second-order valence-electron chi connectivity index (χ2n) is 3.81. The molecule has 14 heavy (non-hydrogen) atoms. The first-order chi connectivity index (χ1) is 6.68. The van der Waals surface area contributed by atoms with Crippen LogP contribution >= 0.6 is 15.9 Å². The molecule has 0 amide bonds. The van der Waals surface area contributed by atoms with E-state index < -0.39 is 0 Å². The van der Waals surface area contributed by atoms with Crippen LogP contribution in [0.3, 0.4) is 0 Å². The average Bonchev–Trinajstić information content (AvgIpc) is 2.63. The topological polar surface area (TPSA) is 32.3 Å². The minimum Gasteiger partial charge on any atom is -0.507 e. The minimum absolute atomic E-state index is 0.325. The maximum absolute atomic E-state index is 9.92. The highest BCUT2D eigenvalue weighted by Gasteiger charge is 2.20. The summed E-state index contributed by atoms with van der Waals surface area (Å²) in [6, 6.07) is 4.27. The highest BCUT2D eigenvalue weighted by atomic mass is 79.9. The highest BCUT2D eigenvalue weighted by molar-refractivity contribution is 9.10. The van der Waals surface area contributed by atoms with Crippen LogP contribution in [0.5, 0.6) is 5.75 Å². The molecule has 1 saturated heterocycles. The van der Waals surface area contributed by atoms with Gasteiger partial charge in [0.15, 0.2) is 0 Å². The van der Waals surface area contributed by atoms with E-state index >= 15 is 0 Å². The molecule has 1 aromatic rings. The number of nitrogens with one attached hydrogen (secondary N) is 1. The number of aryl methyl sites for hydroxylation is 1. The van der Waals surface area contributed by atoms with Gasteiger partial charge in [0.05, 0.1) is 0 Å². The zero-order valence-electron chi connectivity index (χ0n) is 8.18. The van der Waals surface area contributed by atoms with Gasteiger partial charge in [-0.2, -0.15) is 0 Å². The lowest BCUT2D eigenvalue weighted by atomic mass is 10.0. The van der Waals surface area contributed by atoms with E-state index in [2.05, 4.69) is 21.2 Å². The van der Waals surface area contributed by atoms with Crippen LogP contribution in [0.15, 0.2) is 16.6 Å². The standard InChI is InChI=1S/C11H14BrNO/c1-7-5-8(12)6-9(11(7)14)10-3-2-4-13-10/h5-6,10,13-14H,2-4H2,1H3/t10-/m0/s1. The van der Waals surface area contributed by atoms with Gasteiger partial charge in [0.25, 0.3) is 0 Å². The SMILES string of the molecule is Cc1cc(Br)cc([C@@H]2CCCN2)c1O. The van der Waals surface area contributed by atoms with Crippen molar-refractivity contribution >= 4 is 15.9 Å². The molecule has 1 heterocycles. The van der Waals surface area contributed by atoms with Gasteiger partial charge in [-0.3, -0.25) is 0 Å². The first-order valence-corrected chi connectivity index (χ1v) is 5.70. The molecular formula is C11H14BrNO. The van der Waals surface area contributed by atoms with Crippen molar-refractivity contribution in [2.75, 3.05) is 6.54 Å². The van der Waals surface area contributed by atoms with Crippen LogP contribution in [0.2, 0.25) is 0 Å². The third-order valence-corrected chi connectivity index (χ3v) is 3.19. The molecule has 3 heteroatoms. The molecule has 0 bridgehead atoms. The van der Waals surface area contributed by atoms with Crippen LogP contribution in [0.4, 0.5) is 0 Å². The van der Waals surface area contributed by atoms with Crippen molar-refractivity contribution in [2.45, 2.75) is 25.8 Å². The maximum Gasteiger partial charge on any atom is 0.123 e. The van der Waals surface area contributed by atoms with Crippen molar-refractivity contribution < 1.29 is 5.11 Å². The van der Waals surface area contributed by atoms with Gasteiger partial charge in [-0.1, -0.05) is 15.9 Å². The van der Waals surface area contributed by atoms with Gasteiger partial charge in [-0.15, -0.1) is 0 Å². The number of hydrogen-bond acceptors (Lipinski definition) is 2. The van der Waals surface area contributed by atoms with Crippen molar-refractivity contribution in [2.24, 2.45) is 0 Å². The first-order valence-electron chi connectivity index (χ1n) is 4.91. The molecule has 1 aromatic carbocycles. The second kappa shape index (κ2) is 3.91. The van der Waals surface area contributed by atoms with Crippen LogP contribution in [-0.2, 0) is 0 Å². The van der Waals surface area contributed by atoms with Gasteiger partial charge in [-0.05, 0) is 44.0 Å². The molecular weight excluding hydrogens is 242 g/mol. The van der Waals surface area contributed by atoms with E-state index in [1.807, 2.05) is 19.1 Å². The first kappa shape index (κ1) is 9.99. The molecule has 1 aliphatic heterocycles. The third kappa shape index (κ3) is 1.79. The lowest BCUT2D eigenvalue weighted by Crippen LogP contribution is -2.13. The normalized spacial score (nSPS) is 21.4. The molecule has 0 aromatic heterocycles. The van der Waals surface area contributed by atoms with Gasteiger partial charge >= 0.3 is 0 Å². The number of halogens is 1. The summed E-state index contributed by atoms with van der Waals surface area (Å²) in [7, 11) is 0. The number of phenolic OH excluding ortho intramolecular Hbond substituents is 1. The van der Waals surface area contributed by atoms with Crippen molar-refractivity contribution in [1.29, 1.82) is 0 Å². The predicted molar refractivity (Wildman–Crippen MR) is 60.5 cm³/mol. The number of benzene rings is 1. The Hall–Kier alpha value is -0.540. The lowest BCUT2D eigenvalue weighted by Gasteiger charge is -2.14. The van der Waals surface area contributed by atoms with E-state index in [1.54, 1.807) is 0 Å². The van der Waals surface area contributed by atoms with E-state index in [0.29, 0.717) is 11.8 Å². The fourth-order valence-corrected chi connectivity index (χ4v) is 2.57. The Kier molecular flexibility index (Phi) is 2.79. The van der Waals surface area contributed by atoms with Gasteiger partial charge in [0.2, 0.25) is 0 Å². The number of rotatable bonds is 1. The number of aromatic hydroxyl groups is 1. The maximum atomic E-state index is 9.92. The molecule has 0 aliphatic carbocycles. The summed E-state index contributed by atoms with van der Waals surface area (Å²) >= 11 is 3.46. The molecule has 0 saturated carbocycles.